The van der Waals surface area contributed by atoms with Crippen LogP contribution in [0.3, 0.4) is 0 Å². The first-order chi connectivity index (χ1) is 5.65. The minimum atomic E-state index is -0.137. The van der Waals surface area contributed by atoms with Crippen molar-refractivity contribution in [2.24, 2.45) is 0 Å². The van der Waals surface area contributed by atoms with Crippen molar-refractivity contribution in [3.63, 3.8) is 0 Å². The number of hydrogen-bond donors (Lipinski definition) is 1. The third-order valence-electron chi connectivity index (χ3n) is 2.12. The first-order valence-corrected chi connectivity index (χ1v) is 4.08. The van der Waals surface area contributed by atoms with Crippen LogP contribution < -0.4 is 5.32 Å². The van der Waals surface area contributed by atoms with Crippen LogP contribution in [-0.4, -0.2) is 7.05 Å². The van der Waals surface area contributed by atoms with Crippen LogP contribution in [-0.2, 0) is 0 Å². The summed E-state index contributed by atoms with van der Waals surface area (Å²) in [6.45, 7) is 3.83. The number of rotatable bonds is 2. The first-order valence-electron chi connectivity index (χ1n) is 4.08. The van der Waals surface area contributed by atoms with Gasteiger partial charge in [0.1, 0.15) is 5.82 Å². The zero-order chi connectivity index (χ0) is 9.14. The van der Waals surface area contributed by atoms with E-state index in [0.717, 1.165) is 5.56 Å². The zero-order valence-corrected chi connectivity index (χ0v) is 7.69. The third-order valence-corrected chi connectivity index (χ3v) is 2.12. The molecule has 2 heteroatoms. The SMILES string of the molecule is CNC(C)c1ccc(F)c(C)c1. The molecule has 0 heterocycles. The average molecular weight is 167 g/mol. The average Bonchev–Trinajstić information content (AvgIpc) is 2.08. The van der Waals surface area contributed by atoms with Gasteiger partial charge in [-0.25, -0.2) is 4.39 Å². The molecule has 66 valence electrons. The molecule has 1 N–H and O–H groups in total. The number of halogens is 1. The van der Waals surface area contributed by atoms with E-state index in [1.54, 1.807) is 6.92 Å². The number of hydrogen-bond acceptors (Lipinski definition) is 1. The first kappa shape index (κ1) is 9.20. The summed E-state index contributed by atoms with van der Waals surface area (Å²) >= 11 is 0. The van der Waals surface area contributed by atoms with E-state index in [9.17, 15) is 4.39 Å². The molecule has 0 saturated heterocycles. The maximum absolute atomic E-state index is 12.8. The summed E-state index contributed by atoms with van der Waals surface area (Å²) in [7, 11) is 1.89. The molecule has 0 spiro atoms. The van der Waals surface area contributed by atoms with Gasteiger partial charge < -0.3 is 5.32 Å². The van der Waals surface area contributed by atoms with E-state index in [0.29, 0.717) is 5.56 Å². The molecule has 0 saturated carbocycles. The lowest BCUT2D eigenvalue weighted by Gasteiger charge is -2.10. The highest BCUT2D eigenvalue weighted by Crippen LogP contribution is 2.15. The Bertz CT molecular complexity index is 271. The second kappa shape index (κ2) is 3.68. The number of benzene rings is 1. The summed E-state index contributed by atoms with van der Waals surface area (Å²) in [6.07, 6.45) is 0. The molecule has 0 fully saturated rings. The largest absolute Gasteiger partial charge is 0.313 e. The van der Waals surface area contributed by atoms with E-state index in [2.05, 4.69) is 5.32 Å². The molecule has 1 aromatic carbocycles. The van der Waals surface area contributed by atoms with Gasteiger partial charge in [-0.05, 0) is 38.1 Å². The summed E-state index contributed by atoms with van der Waals surface area (Å²) in [4.78, 5) is 0. The van der Waals surface area contributed by atoms with E-state index in [-0.39, 0.29) is 11.9 Å². The van der Waals surface area contributed by atoms with Crippen LogP contribution in [0.15, 0.2) is 18.2 Å². The molecule has 1 rings (SSSR count). The number of nitrogens with one attached hydrogen (secondary N) is 1. The summed E-state index contributed by atoms with van der Waals surface area (Å²) in [5.41, 5.74) is 1.83. The molecule has 1 aromatic rings. The Morgan fingerprint density at radius 1 is 1.42 bits per heavy atom. The van der Waals surface area contributed by atoms with E-state index in [1.807, 2.05) is 26.1 Å². The molecular formula is C10H14FN. The van der Waals surface area contributed by atoms with Crippen molar-refractivity contribution in [2.75, 3.05) is 7.05 Å². The fourth-order valence-electron chi connectivity index (χ4n) is 1.10. The molecule has 0 aromatic heterocycles. The topological polar surface area (TPSA) is 12.0 Å². The fourth-order valence-corrected chi connectivity index (χ4v) is 1.10. The lowest BCUT2D eigenvalue weighted by atomic mass is 10.1. The van der Waals surface area contributed by atoms with Crippen LogP contribution in [0.25, 0.3) is 0 Å². The van der Waals surface area contributed by atoms with Gasteiger partial charge in [0.25, 0.3) is 0 Å². The number of aryl methyl sites for hydroxylation is 1. The Morgan fingerprint density at radius 3 is 2.58 bits per heavy atom. The maximum Gasteiger partial charge on any atom is 0.126 e. The van der Waals surface area contributed by atoms with Crippen molar-refractivity contribution in [3.8, 4) is 0 Å². The van der Waals surface area contributed by atoms with Gasteiger partial charge in [0, 0.05) is 6.04 Å². The summed E-state index contributed by atoms with van der Waals surface area (Å²) in [5.74, 6) is -0.137. The second-order valence-corrected chi connectivity index (χ2v) is 3.02. The third kappa shape index (κ3) is 1.83. The monoisotopic (exact) mass is 167 g/mol. The zero-order valence-electron chi connectivity index (χ0n) is 7.69. The van der Waals surface area contributed by atoms with Crippen LogP contribution in [0.4, 0.5) is 4.39 Å². The molecule has 0 amide bonds. The predicted molar refractivity (Wildman–Crippen MR) is 48.6 cm³/mol. The van der Waals surface area contributed by atoms with Gasteiger partial charge in [0.2, 0.25) is 0 Å². The van der Waals surface area contributed by atoms with Crippen molar-refractivity contribution in [1.29, 1.82) is 0 Å². The normalized spacial score (nSPS) is 13.0. The van der Waals surface area contributed by atoms with Crippen LogP contribution in [0, 0.1) is 12.7 Å². The second-order valence-electron chi connectivity index (χ2n) is 3.02. The van der Waals surface area contributed by atoms with Gasteiger partial charge in [-0.15, -0.1) is 0 Å². The van der Waals surface area contributed by atoms with E-state index in [1.165, 1.54) is 6.07 Å². The molecule has 0 bridgehead atoms. The Hall–Kier alpha value is -0.890. The molecule has 12 heavy (non-hydrogen) atoms. The molecule has 0 aliphatic carbocycles. The molecule has 1 atom stereocenters. The van der Waals surface area contributed by atoms with Gasteiger partial charge in [-0.3, -0.25) is 0 Å². The van der Waals surface area contributed by atoms with Gasteiger partial charge in [0.05, 0.1) is 0 Å². The Morgan fingerprint density at radius 2 is 2.08 bits per heavy atom. The van der Waals surface area contributed by atoms with Gasteiger partial charge >= 0.3 is 0 Å². The van der Waals surface area contributed by atoms with Gasteiger partial charge in [-0.1, -0.05) is 12.1 Å². The van der Waals surface area contributed by atoms with Crippen LogP contribution in [0.5, 0.6) is 0 Å². The van der Waals surface area contributed by atoms with Crippen LogP contribution in [0.2, 0.25) is 0 Å². The molecule has 0 radical (unpaired) electrons. The maximum atomic E-state index is 12.8. The minimum Gasteiger partial charge on any atom is -0.313 e. The fraction of sp³-hybridized carbons (Fsp3) is 0.400. The van der Waals surface area contributed by atoms with Gasteiger partial charge in [-0.2, -0.15) is 0 Å². The molecular weight excluding hydrogens is 153 g/mol. The Kier molecular flexibility index (Phi) is 2.82. The minimum absolute atomic E-state index is 0.137. The Balaban J connectivity index is 2.96. The molecule has 0 aliphatic heterocycles. The highest BCUT2D eigenvalue weighted by molar-refractivity contribution is 5.25. The highest BCUT2D eigenvalue weighted by Gasteiger charge is 2.03. The summed E-state index contributed by atoms with van der Waals surface area (Å²) in [6, 6.07) is 5.47. The highest BCUT2D eigenvalue weighted by atomic mass is 19.1. The standard InChI is InChI=1S/C10H14FN/c1-7-6-9(8(2)12-3)4-5-10(7)11/h4-6,8,12H,1-3H3. The summed E-state index contributed by atoms with van der Waals surface area (Å²) < 4.78 is 12.8. The lowest BCUT2D eigenvalue weighted by molar-refractivity contribution is 0.610. The van der Waals surface area contributed by atoms with Crippen LogP contribution in [0.1, 0.15) is 24.1 Å². The van der Waals surface area contributed by atoms with Crippen molar-refractivity contribution in [2.45, 2.75) is 19.9 Å². The van der Waals surface area contributed by atoms with Crippen molar-refractivity contribution < 1.29 is 4.39 Å². The van der Waals surface area contributed by atoms with Crippen molar-refractivity contribution in [3.05, 3.63) is 35.1 Å². The van der Waals surface area contributed by atoms with E-state index >= 15 is 0 Å². The van der Waals surface area contributed by atoms with Crippen molar-refractivity contribution >= 4 is 0 Å². The smallest absolute Gasteiger partial charge is 0.126 e. The van der Waals surface area contributed by atoms with Crippen molar-refractivity contribution in [1.82, 2.24) is 5.32 Å². The predicted octanol–water partition coefficient (Wildman–Crippen LogP) is 2.41. The van der Waals surface area contributed by atoms with E-state index < -0.39 is 0 Å². The van der Waals surface area contributed by atoms with Crippen LogP contribution >= 0.6 is 0 Å². The summed E-state index contributed by atoms with van der Waals surface area (Å²) in [5, 5.41) is 3.11. The molecule has 0 aliphatic rings. The van der Waals surface area contributed by atoms with Gasteiger partial charge in [0.15, 0.2) is 0 Å². The lowest BCUT2D eigenvalue weighted by Crippen LogP contribution is -2.12. The molecule has 1 nitrogen and oxygen atoms in total. The molecule has 1 unspecified atom stereocenters. The Labute approximate surface area is 72.6 Å². The quantitative estimate of drug-likeness (QED) is 0.713. The van der Waals surface area contributed by atoms with E-state index in [4.69, 9.17) is 0 Å².